The molecule has 12 heteroatoms. The van der Waals surface area contributed by atoms with E-state index in [0.29, 0.717) is 0 Å². The van der Waals surface area contributed by atoms with E-state index in [2.05, 4.69) is 25.3 Å². The first-order valence-electron chi connectivity index (χ1n) is 6.86. The van der Waals surface area contributed by atoms with Crippen molar-refractivity contribution in [1.82, 2.24) is 19.5 Å². The first-order chi connectivity index (χ1) is 11.3. The van der Waals surface area contributed by atoms with Gasteiger partial charge in [-0.05, 0) is 0 Å². The molecule has 0 bridgehead atoms. The summed E-state index contributed by atoms with van der Waals surface area (Å²) in [6, 6.07) is 0. The Kier molecular flexibility index (Phi) is 4.27. The Hall–Kier alpha value is -2.05. The predicted molar refractivity (Wildman–Crippen MR) is 71.5 cm³/mol. The lowest BCUT2D eigenvalue weighted by atomic mass is 10.2. The first-order valence-corrected chi connectivity index (χ1v) is 6.86. The van der Waals surface area contributed by atoms with Crippen molar-refractivity contribution in [2.75, 3.05) is 19.2 Å². The number of aliphatic hydroxyl groups excluding tert-OH is 1. The molecule has 0 amide bonds. The highest BCUT2D eigenvalue weighted by Crippen LogP contribution is 2.35. The summed E-state index contributed by atoms with van der Waals surface area (Å²) in [5, 5.41) is 9.06. The summed E-state index contributed by atoms with van der Waals surface area (Å²) < 4.78 is 59.4. The Morgan fingerprint density at radius 1 is 1.46 bits per heavy atom. The minimum absolute atomic E-state index is 0.0342. The fourth-order valence-corrected chi connectivity index (χ4v) is 2.46. The summed E-state index contributed by atoms with van der Waals surface area (Å²) in [6.45, 7) is -0.400. The van der Waals surface area contributed by atoms with Gasteiger partial charge < -0.3 is 9.84 Å². The topological polar surface area (TPSA) is 94.3 Å². The average Bonchev–Trinajstić information content (AvgIpc) is 3.09. The predicted octanol–water partition coefficient (Wildman–Crippen LogP) is 1.44. The van der Waals surface area contributed by atoms with Crippen LogP contribution in [0.5, 0.6) is 0 Å². The van der Waals surface area contributed by atoms with Crippen molar-refractivity contribution >= 4 is 17.0 Å². The van der Waals surface area contributed by atoms with Crippen LogP contribution in [0.4, 0.5) is 23.4 Å². The van der Waals surface area contributed by atoms with E-state index in [9.17, 15) is 17.6 Å². The standard InChI is InChI=1S/C12H13F4N5O3/c1-23-20-8-7-9(19-11(18-8)12(14,15)16)21(4-17-7)10-6(13)2-5(3-22)24-10/h4-6,10,22H,2-3H2,1H3,(H,18,19,20). The maximum atomic E-state index is 14.1. The number of nitrogens with one attached hydrogen (secondary N) is 1. The third kappa shape index (κ3) is 2.87. The highest BCUT2D eigenvalue weighted by molar-refractivity contribution is 5.82. The number of halogens is 4. The average molecular weight is 351 g/mol. The summed E-state index contributed by atoms with van der Waals surface area (Å²) in [6.07, 6.45) is -7.30. The van der Waals surface area contributed by atoms with Gasteiger partial charge in [-0.25, -0.2) is 24.8 Å². The second-order valence-corrected chi connectivity index (χ2v) is 5.11. The van der Waals surface area contributed by atoms with E-state index in [4.69, 9.17) is 9.84 Å². The lowest BCUT2D eigenvalue weighted by Crippen LogP contribution is -2.19. The van der Waals surface area contributed by atoms with Crippen LogP contribution in [-0.4, -0.2) is 50.6 Å². The molecule has 3 atom stereocenters. The molecular weight excluding hydrogens is 338 g/mol. The highest BCUT2D eigenvalue weighted by Gasteiger charge is 2.40. The molecule has 3 rings (SSSR count). The molecule has 1 saturated heterocycles. The fraction of sp³-hybridized carbons (Fsp3) is 0.583. The number of rotatable bonds is 4. The third-order valence-corrected chi connectivity index (χ3v) is 3.48. The molecule has 0 spiro atoms. The number of fused-ring (bicyclic) bond motifs is 1. The van der Waals surface area contributed by atoms with Gasteiger partial charge in [0.25, 0.3) is 0 Å². The zero-order chi connectivity index (χ0) is 17.5. The van der Waals surface area contributed by atoms with Gasteiger partial charge in [-0.15, -0.1) is 0 Å². The molecular formula is C12H13F4N5O3. The molecule has 0 aromatic carbocycles. The molecule has 1 aliphatic heterocycles. The Labute approximate surface area is 132 Å². The number of alkyl halides is 4. The second-order valence-electron chi connectivity index (χ2n) is 5.11. The number of hydrogen-bond donors (Lipinski definition) is 2. The second kappa shape index (κ2) is 6.11. The van der Waals surface area contributed by atoms with Crippen molar-refractivity contribution in [2.24, 2.45) is 0 Å². The number of aromatic nitrogens is 4. The van der Waals surface area contributed by atoms with Crippen LogP contribution in [0.2, 0.25) is 0 Å². The molecule has 1 fully saturated rings. The largest absolute Gasteiger partial charge is 0.451 e. The maximum Gasteiger partial charge on any atom is 0.451 e. The maximum absolute atomic E-state index is 14.1. The van der Waals surface area contributed by atoms with Crippen molar-refractivity contribution in [1.29, 1.82) is 0 Å². The van der Waals surface area contributed by atoms with E-state index in [1.165, 1.54) is 7.11 Å². The van der Waals surface area contributed by atoms with Crippen molar-refractivity contribution in [3.05, 3.63) is 12.2 Å². The van der Waals surface area contributed by atoms with E-state index in [1.807, 2.05) is 0 Å². The molecule has 0 aliphatic carbocycles. The van der Waals surface area contributed by atoms with Gasteiger partial charge in [0, 0.05) is 6.42 Å². The minimum Gasteiger partial charge on any atom is -0.394 e. The van der Waals surface area contributed by atoms with Crippen LogP contribution in [0.25, 0.3) is 11.2 Å². The number of anilines is 1. The summed E-state index contributed by atoms with van der Waals surface area (Å²) in [5.74, 6) is -1.73. The van der Waals surface area contributed by atoms with Gasteiger partial charge in [0.15, 0.2) is 23.2 Å². The minimum atomic E-state index is -4.81. The van der Waals surface area contributed by atoms with Crippen LogP contribution in [0.15, 0.2) is 6.33 Å². The van der Waals surface area contributed by atoms with Gasteiger partial charge >= 0.3 is 6.18 Å². The Morgan fingerprint density at radius 3 is 2.79 bits per heavy atom. The Balaban J connectivity index is 2.11. The number of hydrogen-bond acceptors (Lipinski definition) is 7. The van der Waals surface area contributed by atoms with Crippen LogP contribution in [0.3, 0.4) is 0 Å². The van der Waals surface area contributed by atoms with Gasteiger partial charge in [0.2, 0.25) is 5.82 Å². The van der Waals surface area contributed by atoms with Gasteiger partial charge in [-0.3, -0.25) is 9.40 Å². The Morgan fingerprint density at radius 2 is 2.21 bits per heavy atom. The molecule has 1 aliphatic rings. The first kappa shape index (κ1) is 16.8. The quantitative estimate of drug-likeness (QED) is 0.636. The highest BCUT2D eigenvalue weighted by atomic mass is 19.4. The SMILES string of the molecule is CONc1nc(C(F)(F)F)nc2c1ncn2C1OC(CO)CC1F. The van der Waals surface area contributed by atoms with Crippen LogP contribution in [-0.2, 0) is 15.8 Å². The summed E-state index contributed by atoms with van der Waals surface area (Å²) in [7, 11) is 1.20. The summed E-state index contributed by atoms with van der Waals surface area (Å²) >= 11 is 0. The van der Waals surface area contributed by atoms with Gasteiger partial charge in [-0.2, -0.15) is 13.2 Å². The van der Waals surface area contributed by atoms with Gasteiger partial charge in [-0.1, -0.05) is 0 Å². The molecule has 0 radical (unpaired) electrons. The van der Waals surface area contributed by atoms with Crippen LogP contribution < -0.4 is 5.48 Å². The van der Waals surface area contributed by atoms with Crippen LogP contribution in [0, 0.1) is 0 Å². The van der Waals surface area contributed by atoms with E-state index in [1.54, 1.807) is 0 Å². The van der Waals surface area contributed by atoms with Crippen LogP contribution in [0.1, 0.15) is 18.5 Å². The van der Waals surface area contributed by atoms with Crippen molar-refractivity contribution in [3.63, 3.8) is 0 Å². The lowest BCUT2D eigenvalue weighted by Gasteiger charge is -2.16. The van der Waals surface area contributed by atoms with Crippen molar-refractivity contribution in [3.8, 4) is 0 Å². The molecule has 24 heavy (non-hydrogen) atoms. The van der Waals surface area contributed by atoms with E-state index >= 15 is 0 Å². The van der Waals surface area contributed by atoms with E-state index < -0.39 is 37.1 Å². The van der Waals surface area contributed by atoms with Gasteiger partial charge in [0.1, 0.15) is 6.17 Å². The molecule has 0 saturated carbocycles. The summed E-state index contributed by atoms with van der Waals surface area (Å²) in [5.41, 5.74) is 1.90. The normalized spacial score (nSPS) is 24.7. The number of aliphatic hydroxyl groups is 1. The lowest BCUT2D eigenvalue weighted by molar-refractivity contribution is -0.144. The molecule has 132 valence electrons. The fourth-order valence-electron chi connectivity index (χ4n) is 2.46. The number of imidazole rings is 1. The smallest absolute Gasteiger partial charge is 0.394 e. The van der Waals surface area contributed by atoms with Crippen molar-refractivity contribution in [2.45, 2.75) is 31.1 Å². The van der Waals surface area contributed by atoms with E-state index in [0.717, 1.165) is 10.9 Å². The van der Waals surface area contributed by atoms with Crippen LogP contribution >= 0.6 is 0 Å². The van der Waals surface area contributed by atoms with E-state index in [-0.39, 0.29) is 23.4 Å². The monoisotopic (exact) mass is 351 g/mol. The Bertz CT molecular complexity index is 737. The molecule has 2 aromatic heterocycles. The van der Waals surface area contributed by atoms with Gasteiger partial charge in [0.05, 0.1) is 26.1 Å². The zero-order valence-corrected chi connectivity index (χ0v) is 12.3. The number of ether oxygens (including phenoxy) is 1. The molecule has 2 N–H and O–H groups in total. The molecule has 2 aromatic rings. The van der Waals surface area contributed by atoms with Crippen molar-refractivity contribution < 1.29 is 32.2 Å². The molecule has 3 unspecified atom stereocenters. The molecule has 8 nitrogen and oxygen atoms in total. The number of nitrogens with zero attached hydrogens (tertiary/aromatic N) is 4. The summed E-state index contributed by atoms with van der Waals surface area (Å²) in [4.78, 5) is 15.3. The third-order valence-electron chi connectivity index (χ3n) is 3.48. The zero-order valence-electron chi connectivity index (χ0n) is 12.3. The molecule has 3 heterocycles.